The smallest absolute Gasteiger partial charge is 0.243 e. The second-order valence-corrected chi connectivity index (χ2v) is 7.04. The number of benzene rings is 1. The quantitative estimate of drug-likeness (QED) is 0.871. The summed E-state index contributed by atoms with van der Waals surface area (Å²) in [6.07, 6.45) is 3.52. The molecule has 1 saturated heterocycles. The van der Waals surface area contributed by atoms with Crippen LogP contribution >= 0.6 is 0 Å². The zero-order chi connectivity index (χ0) is 14.6. The van der Waals surface area contributed by atoms with Crippen LogP contribution in [0.5, 0.6) is 0 Å². The molecule has 1 fully saturated rings. The first-order valence-corrected chi connectivity index (χ1v) is 8.45. The Bertz CT molecular complexity index is 545. The first kappa shape index (κ1) is 15.4. The molecule has 1 aliphatic heterocycles. The number of sulfonamides is 1. The van der Waals surface area contributed by atoms with E-state index in [1.54, 1.807) is 18.2 Å². The van der Waals surface area contributed by atoms with E-state index >= 15 is 0 Å². The third kappa shape index (κ3) is 3.20. The molecule has 1 heterocycles. The third-order valence-corrected chi connectivity index (χ3v) is 5.72. The average molecular weight is 298 g/mol. The van der Waals surface area contributed by atoms with Crippen LogP contribution in [-0.4, -0.2) is 37.0 Å². The van der Waals surface area contributed by atoms with Gasteiger partial charge in [-0.05, 0) is 30.5 Å². The molecule has 0 radical (unpaired) electrons. The van der Waals surface area contributed by atoms with Gasteiger partial charge in [0.25, 0.3) is 0 Å². The maximum Gasteiger partial charge on any atom is 0.243 e. The minimum Gasteiger partial charge on any atom is -0.395 e. The lowest BCUT2D eigenvalue weighted by Gasteiger charge is -2.27. The van der Waals surface area contributed by atoms with Crippen molar-refractivity contribution in [3.8, 4) is 0 Å². The van der Waals surface area contributed by atoms with Crippen LogP contribution in [0.3, 0.4) is 0 Å². The summed E-state index contributed by atoms with van der Waals surface area (Å²) in [6, 6.07) is 6.41. The number of nitrogens with zero attached hydrogens (tertiary/aromatic N) is 1. The summed E-state index contributed by atoms with van der Waals surface area (Å²) < 4.78 is 27.0. The van der Waals surface area contributed by atoms with Crippen LogP contribution in [0.25, 0.3) is 0 Å². The van der Waals surface area contributed by atoms with Crippen molar-refractivity contribution >= 4 is 10.0 Å². The zero-order valence-electron chi connectivity index (χ0n) is 11.5. The highest BCUT2D eigenvalue weighted by Crippen LogP contribution is 2.25. The van der Waals surface area contributed by atoms with E-state index in [9.17, 15) is 13.5 Å². The molecule has 112 valence electrons. The van der Waals surface area contributed by atoms with Crippen LogP contribution in [0.15, 0.2) is 29.2 Å². The third-order valence-electron chi connectivity index (χ3n) is 3.77. The zero-order valence-corrected chi connectivity index (χ0v) is 12.3. The predicted octanol–water partition coefficient (Wildman–Crippen LogP) is 1.07. The molecule has 0 amide bonds. The predicted molar refractivity (Wildman–Crippen MR) is 77.6 cm³/mol. The molecule has 0 saturated carbocycles. The number of aliphatic hydroxyl groups is 1. The van der Waals surface area contributed by atoms with Crippen molar-refractivity contribution in [2.75, 3.05) is 13.2 Å². The lowest BCUT2D eigenvalue weighted by molar-refractivity contribution is 0.186. The lowest BCUT2D eigenvalue weighted by Crippen LogP contribution is -2.42. The number of rotatable bonds is 4. The van der Waals surface area contributed by atoms with Crippen molar-refractivity contribution in [3.05, 3.63) is 29.8 Å². The van der Waals surface area contributed by atoms with E-state index in [2.05, 4.69) is 0 Å². The van der Waals surface area contributed by atoms with Crippen LogP contribution in [0, 0.1) is 0 Å². The number of nitrogens with two attached hydrogens (primary N) is 1. The minimum absolute atomic E-state index is 0.129. The molecule has 0 spiro atoms. The monoisotopic (exact) mass is 298 g/mol. The van der Waals surface area contributed by atoms with Gasteiger partial charge in [-0.3, -0.25) is 0 Å². The molecule has 0 aromatic heterocycles. The summed E-state index contributed by atoms with van der Waals surface area (Å²) in [5.41, 5.74) is 6.36. The molecule has 1 unspecified atom stereocenters. The maximum atomic E-state index is 12.8. The van der Waals surface area contributed by atoms with Gasteiger partial charge < -0.3 is 10.8 Å². The van der Waals surface area contributed by atoms with Gasteiger partial charge in [0.05, 0.1) is 11.5 Å². The summed E-state index contributed by atoms with van der Waals surface area (Å²) >= 11 is 0. The Labute approximate surface area is 120 Å². The largest absolute Gasteiger partial charge is 0.395 e. The molecule has 0 bridgehead atoms. The van der Waals surface area contributed by atoms with Crippen molar-refractivity contribution in [2.45, 2.75) is 43.2 Å². The molecular weight excluding hydrogens is 276 g/mol. The fourth-order valence-corrected chi connectivity index (χ4v) is 4.37. The Morgan fingerprint density at radius 1 is 1.30 bits per heavy atom. The Morgan fingerprint density at radius 2 is 2.10 bits per heavy atom. The van der Waals surface area contributed by atoms with Crippen LogP contribution in [-0.2, 0) is 16.6 Å². The van der Waals surface area contributed by atoms with Crippen molar-refractivity contribution in [3.63, 3.8) is 0 Å². The lowest BCUT2D eigenvalue weighted by atomic mass is 10.1. The van der Waals surface area contributed by atoms with E-state index in [4.69, 9.17) is 5.73 Å². The van der Waals surface area contributed by atoms with Gasteiger partial charge in [-0.25, -0.2) is 8.42 Å². The molecule has 20 heavy (non-hydrogen) atoms. The Hall–Kier alpha value is -0.950. The SMILES string of the molecule is NCc1cccc(S(=O)(=O)N2CCCCCC2CO)c1. The molecule has 5 nitrogen and oxygen atoms in total. The van der Waals surface area contributed by atoms with Gasteiger partial charge in [-0.15, -0.1) is 0 Å². The van der Waals surface area contributed by atoms with Crippen LogP contribution in [0.1, 0.15) is 31.2 Å². The summed E-state index contributed by atoms with van der Waals surface area (Å²) in [5, 5.41) is 9.47. The van der Waals surface area contributed by atoms with Crippen LogP contribution in [0.4, 0.5) is 0 Å². The first-order chi connectivity index (χ1) is 9.59. The number of hydrogen-bond acceptors (Lipinski definition) is 4. The normalized spacial score (nSPS) is 21.6. The van der Waals surface area contributed by atoms with Crippen molar-refractivity contribution in [1.29, 1.82) is 0 Å². The fourth-order valence-electron chi connectivity index (χ4n) is 2.62. The molecule has 1 aromatic rings. The molecule has 1 aromatic carbocycles. The highest BCUT2D eigenvalue weighted by atomic mass is 32.2. The second-order valence-electron chi connectivity index (χ2n) is 5.15. The topological polar surface area (TPSA) is 83.6 Å². The van der Waals surface area contributed by atoms with Crippen LogP contribution in [0.2, 0.25) is 0 Å². The Kier molecular flexibility index (Phi) is 5.15. The average Bonchev–Trinajstić information content (AvgIpc) is 2.72. The maximum absolute atomic E-state index is 12.8. The number of aliphatic hydroxyl groups excluding tert-OH is 1. The minimum atomic E-state index is -3.56. The molecular formula is C14H22N2O3S. The molecule has 1 atom stereocenters. The van der Waals surface area contributed by atoms with E-state index in [0.717, 1.165) is 24.8 Å². The summed E-state index contributed by atoms with van der Waals surface area (Å²) in [7, 11) is -3.56. The van der Waals surface area contributed by atoms with E-state index in [-0.39, 0.29) is 17.5 Å². The van der Waals surface area contributed by atoms with Gasteiger partial charge in [-0.1, -0.05) is 25.0 Å². The fraction of sp³-hybridized carbons (Fsp3) is 0.571. The van der Waals surface area contributed by atoms with Gasteiger partial charge in [0.2, 0.25) is 10.0 Å². The highest BCUT2D eigenvalue weighted by Gasteiger charge is 2.32. The Morgan fingerprint density at radius 3 is 2.80 bits per heavy atom. The van der Waals surface area contributed by atoms with E-state index in [1.807, 2.05) is 6.07 Å². The van der Waals surface area contributed by atoms with Gasteiger partial charge in [0, 0.05) is 19.1 Å². The van der Waals surface area contributed by atoms with Crippen molar-refractivity contribution < 1.29 is 13.5 Å². The molecule has 3 N–H and O–H groups in total. The number of hydrogen-bond donors (Lipinski definition) is 2. The van der Waals surface area contributed by atoms with Gasteiger partial charge >= 0.3 is 0 Å². The standard InChI is InChI=1S/C14H22N2O3S/c15-10-12-5-4-7-14(9-12)20(18,19)16-8-3-1-2-6-13(16)11-17/h4-5,7,9,13,17H,1-3,6,8,10-11,15H2. The highest BCUT2D eigenvalue weighted by molar-refractivity contribution is 7.89. The summed E-state index contributed by atoms with van der Waals surface area (Å²) in [4.78, 5) is 0.265. The second kappa shape index (κ2) is 6.67. The van der Waals surface area contributed by atoms with Gasteiger partial charge in [0.15, 0.2) is 0 Å². The van der Waals surface area contributed by atoms with Crippen LogP contribution < -0.4 is 5.73 Å². The van der Waals surface area contributed by atoms with E-state index in [0.29, 0.717) is 19.5 Å². The Balaban J connectivity index is 2.35. The summed E-state index contributed by atoms with van der Waals surface area (Å²) in [6.45, 7) is 0.656. The summed E-state index contributed by atoms with van der Waals surface area (Å²) in [5.74, 6) is 0. The van der Waals surface area contributed by atoms with Gasteiger partial charge in [0.1, 0.15) is 0 Å². The van der Waals surface area contributed by atoms with E-state index < -0.39 is 10.0 Å². The molecule has 0 aliphatic carbocycles. The first-order valence-electron chi connectivity index (χ1n) is 7.01. The molecule has 1 aliphatic rings. The van der Waals surface area contributed by atoms with Crippen molar-refractivity contribution in [2.24, 2.45) is 5.73 Å². The molecule has 2 rings (SSSR count). The van der Waals surface area contributed by atoms with E-state index in [1.165, 1.54) is 4.31 Å². The van der Waals surface area contributed by atoms with Crippen molar-refractivity contribution in [1.82, 2.24) is 4.31 Å². The van der Waals surface area contributed by atoms with Gasteiger partial charge in [-0.2, -0.15) is 4.31 Å². The molecule has 6 heteroatoms.